The van der Waals surface area contributed by atoms with Crippen LogP contribution >= 0.6 is 0 Å². The average Bonchev–Trinajstić information content (AvgIpc) is 3.71. The lowest BCUT2D eigenvalue weighted by molar-refractivity contribution is 1.10. The van der Waals surface area contributed by atoms with Crippen LogP contribution in [-0.4, -0.2) is 18.9 Å². The predicted octanol–water partition coefficient (Wildman–Crippen LogP) is 10.6. The van der Waals surface area contributed by atoms with E-state index in [9.17, 15) is 0 Å². The minimum atomic E-state index is 0.935. The van der Waals surface area contributed by atoms with Crippen LogP contribution in [-0.2, 0) is 0 Å². The van der Waals surface area contributed by atoms with Gasteiger partial charge in [0.25, 0.3) is 0 Å². The van der Waals surface area contributed by atoms with Crippen molar-refractivity contribution in [1.82, 2.24) is 18.9 Å². The molecule has 0 aliphatic heterocycles. The fourth-order valence-electron chi connectivity index (χ4n) is 7.18. The van der Waals surface area contributed by atoms with Crippen molar-refractivity contribution in [2.24, 2.45) is 0 Å². The van der Waals surface area contributed by atoms with Crippen LogP contribution in [0.2, 0.25) is 0 Å². The van der Waals surface area contributed by atoms with Gasteiger partial charge in [-0.15, -0.1) is 0 Å². The third kappa shape index (κ3) is 3.61. The summed E-state index contributed by atoms with van der Waals surface area (Å²) in [4.78, 5) is 10.2. The van der Waals surface area contributed by atoms with Gasteiger partial charge in [0.1, 0.15) is 11.5 Å². The molecule has 0 spiro atoms. The summed E-state index contributed by atoms with van der Waals surface area (Å²) in [5, 5.41) is 6.09. The molecule has 3 heterocycles. The number of benzene rings is 7. The third-order valence-electron chi connectivity index (χ3n) is 9.29. The lowest BCUT2D eigenvalue weighted by Gasteiger charge is -2.14. The van der Waals surface area contributed by atoms with Gasteiger partial charge in [-0.3, -0.25) is 8.97 Å². The van der Waals surface area contributed by atoms with E-state index in [1.165, 1.54) is 27.1 Å². The summed E-state index contributed by atoms with van der Waals surface area (Å²) >= 11 is 0. The van der Waals surface area contributed by atoms with Gasteiger partial charge in [0.05, 0.1) is 27.6 Å². The van der Waals surface area contributed by atoms with E-state index < -0.39 is 0 Å². The topological polar surface area (TPSA) is 35.1 Å². The first kappa shape index (κ1) is 25.1. The summed E-state index contributed by atoms with van der Waals surface area (Å²) in [5.41, 5.74) is 10.9. The summed E-state index contributed by atoms with van der Waals surface area (Å²) in [5.74, 6) is 0.935. The summed E-state index contributed by atoms with van der Waals surface area (Å²) < 4.78 is 4.57. The van der Waals surface area contributed by atoms with Gasteiger partial charge >= 0.3 is 0 Å². The minimum Gasteiger partial charge on any atom is -0.292 e. The SMILES string of the molecule is c1ccc(-n2c(-c3ccc(-c4ccc5c(c4)c4c6ccccc6ccc4c4nc6ccccc6n54)cc3)nc3ccccc32)cc1. The van der Waals surface area contributed by atoms with Crippen molar-refractivity contribution in [2.45, 2.75) is 0 Å². The highest BCUT2D eigenvalue weighted by atomic mass is 15.1. The van der Waals surface area contributed by atoms with Crippen LogP contribution in [0.15, 0.2) is 158 Å². The number of nitrogens with zero attached hydrogens (tertiary/aromatic N) is 4. The maximum Gasteiger partial charge on any atom is 0.146 e. The molecule has 0 aliphatic carbocycles. The Hall–Kier alpha value is -6.26. The lowest BCUT2D eigenvalue weighted by atomic mass is 9.96. The number of hydrogen-bond acceptors (Lipinski definition) is 2. The van der Waals surface area contributed by atoms with Crippen LogP contribution in [0.3, 0.4) is 0 Å². The zero-order chi connectivity index (χ0) is 30.2. The number of pyridine rings is 1. The maximum atomic E-state index is 5.12. The van der Waals surface area contributed by atoms with Crippen LogP contribution in [0.25, 0.3) is 88.4 Å². The van der Waals surface area contributed by atoms with Gasteiger partial charge in [-0.1, -0.05) is 103 Å². The number of hydrogen-bond donors (Lipinski definition) is 0. The molecule has 4 heteroatoms. The Morgan fingerprint density at radius 2 is 1.09 bits per heavy atom. The fraction of sp³-hybridized carbons (Fsp3) is 0. The second-order valence-electron chi connectivity index (χ2n) is 11.9. The molecule has 0 atom stereocenters. The van der Waals surface area contributed by atoms with Gasteiger partial charge in [-0.2, -0.15) is 0 Å². The molecule has 0 aliphatic rings. The molecule has 4 nitrogen and oxygen atoms in total. The van der Waals surface area contributed by atoms with E-state index in [-0.39, 0.29) is 0 Å². The molecule has 46 heavy (non-hydrogen) atoms. The second kappa shape index (κ2) is 9.62. The summed E-state index contributed by atoms with van der Waals surface area (Å²) in [6, 6.07) is 56.0. The number of fused-ring (bicyclic) bond motifs is 11. The van der Waals surface area contributed by atoms with E-state index in [2.05, 4.69) is 155 Å². The molecule has 0 amide bonds. The highest BCUT2D eigenvalue weighted by Crippen LogP contribution is 2.39. The first-order chi connectivity index (χ1) is 22.8. The molecule has 10 aromatic rings. The minimum absolute atomic E-state index is 0.935. The van der Waals surface area contributed by atoms with Crippen LogP contribution in [0, 0.1) is 0 Å². The first-order valence-electron chi connectivity index (χ1n) is 15.6. The van der Waals surface area contributed by atoms with Crippen molar-refractivity contribution < 1.29 is 0 Å². The first-order valence-corrected chi connectivity index (χ1v) is 15.6. The Bertz CT molecular complexity index is 2790. The molecule has 0 radical (unpaired) electrons. The summed E-state index contributed by atoms with van der Waals surface area (Å²) in [6.07, 6.45) is 0. The van der Waals surface area contributed by atoms with E-state index in [0.29, 0.717) is 0 Å². The third-order valence-corrected chi connectivity index (χ3v) is 9.29. The van der Waals surface area contributed by atoms with Gasteiger partial charge in [-0.05, 0) is 76.5 Å². The van der Waals surface area contributed by atoms with Gasteiger partial charge in [-0.25, -0.2) is 9.97 Å². The second-order valence-corrected chi connectivity index (χ2v) is 11.9. The maximum absolute atomic E-state index is 5.12. The summed E-state index contributed by atoms with van der Waals surface area (Å²) in [6.45, 7) is 0. The Morgan fingerprint density at radius 3 is 1.93 bits per heavy atom. The van der Waals surface area contributed by atoms with E-state index >= 15 is 0 Å². The molecule has 7 aromatic carbocycles. The van der Waals surface area contributed by atoms with Crippen molar-refractivity contribution >= 4 is 60.2 Å². The van der Waals surface area contributed by atoms with Gasteiger partial charge in [0.2, 0.25) is 0 Å². The van der Waals surface area contributed by atoms with E-state index in [4.69, 9.17) is 9.97 Å². The zero-order valence-corrected chi connectivity index (χ0v) is 24.8. The number of imidazole rings is 2. The average molecular weight is 587 g/mol. The molecule has 0 unspecified atom stereocenters. The normalized spacial score (nSPS) is 11.9. The Balaban J connectivity index is 1.19. The monoisotopic (exact) mass is 586 g/mol. The van der Waals surface area contributed by atoms with Crippen LogP contribution in [0.1, 0.15) is 0 Å². The molecule has 0 N–H and O–H groups in total. The predicted molar refractivity (Wildman–Crippen MR) is 191 cm³/mol. The number of para-hydroxylation sites is 5. The van der Waals surface area contributed by atoms with Gasteiger partial charge in [0.15, 0.2) is 0 Å². The van der Waals surface area contributed by atoms with Crippen molar-refractivity contribution in [3.63, 3.8) is 0 Å². The van der Waals surface area contributed by atoms with Crippen molar-refractivity contribution in [2.75, 3.05) is 0 Å². The molecule has 0 bridgehead atoms. The largest absolute Gasteiger partial charge is 0.292 e. The van der Waals surface area contributed by atoms with Crippen LogP contribution < -0.4 is 0 Å². The standard InChI is InChI=1S/C42H26N4/c1-2-11-31(12-3-1)45-38-16-8-6-14-35(38)43-41(45)29-20-18-27(19-21-29)30-23-25-37-34(26-30)40-32-13-5-4-10-28(32)22-24-33(40)42-44-36-15-7-9-17-39(36)46(37)42/h1-26H. The van der Waals surface area contributed by atoms with Gasteiger partial charge < -0.3 is 0 Å². The highest BCUT2D eigenvalue weighted by molar-refractivity contribution is 6.24. The molecule has 3 aromatic heterocycles. The Morgan fingerprint density at radius 1 is 0.413 bits per heavy atom. The van der Waals surface area contributed by atoms with Crippen molar-refractivity contribution in [3.05, 3.63) is 158 Å². The molecule has 214 valence electrons. The smallest absolute Gasteiger partial charge is 0.146 e. The zero-order valence-electron chi connectivity index (χ0n) is 24.8. The van der Waals surface area contributed by atoms with E-state index in [1.807, 2.05) is 12.1 Å². The van der Waals surface area contributed by atoms with E-state index in [1.54, 1.807) is 0 Å². The molecule has 10 rings (SSSR count). The number of rotatable bonds is 3. The summed E-state index contributed by atoms with van der Waals surface area (Å²) in [7, 11) is 0. The van der Waals surface area contributed by atoms with Crippen molar-refractivity contribution in [3.8, 4) is 28.2 Å². The number of aromatic nitrogens is 4. The quantitative estimate of drug-likeness (QED) is 0.193. The lowest BCUT2D eigenvalue weighted by Crippen LogP contribution is -1.97. The Labute approximate surface area is 264 Å². The molecule has 0 fully saturated rings. The molecular formula is C42H26N4. The molecule has 0 saturated heterocycles. The fourth-order valence-corrected chi connectivity index (χ4v) is 7.18. The van der Waals surface area contributed by atoms with E-state index in [0.717, 1.165) is 61.3 Å². The van der Waals surface area contributed by atoms with Gasteiger partial charge in [0, 0.05) is 27.4 Å². The van der Waals surface area contributed by atoms with Crippen molar-refractivity contribution in [1.29, 1.82) is 0 Å². The van der Waals surface area contributed by atoms with Crippen LogP contribution in [0.4, 0.5) is 0 Å². The highest BCUT2D eigenvalue weighted by Gasteiger charge is 2.17. The van der Waals surface area contributed by atoms with Crippen LogP contribution in [0.5, 0.6) is 0 Å². The molecule has 0 saturated carbocycles. The molecular weight excluding hydrogens is 560 g/mol. The Kier molecular flexibility index (Phi) is 5.25.